The van der Waals surface area contributed by atoms with E-state index in [1.165, 1.54) is 13.2 Å². The molecule has 0 aliphatic carbocycles. The van der Waals surface area contributed by atoms with Crippen LogP contribution in [0, 0.1) is 0 Å². The summed E-state index contributed by atoms with van der Waals surface area (Å²) in [5.41, 5.74) is 1.07. The zero-order chi connectivity index (χ0) is 13.1. The van der Waals surface area contributed by atoms with E-state index in [-0.39, 0.29) is 5.90 Å². The van der Waals surface area contributed by atoms with Crippen molar-refractivity contribution in [2.45, 2.75) is 6.04 Å². The van der Waals surface area contributed by atoms with E-state index in [0.717, 1.165) is 0 Å². The Bertz CT molecular complexity index is 530. The van der Waals surface area contributed by atoms with Gasteiger partial charge in [-0.2, -0.15) is 0 Å². The second-order valence-corrected chi connectivity index (χ2v) is 3.61. The van der Waals surface area contributed by atoms with Gasteiger partial charge in [0.1, 0.15) is 0 Å². The largest absolute Gasteiger partial charge is 0.465 e. The molecule has 1 unspecified atom stereocenters. The third-order valence-corrected chi connectivity index (χ3v) is 2.51. The lowest BCUT2D eigenvalue weighted by Gasteiger charge is -2.04. The fourth-order valence-electron chi connectivity index (χ4n) is 1.59. The number of cyclic esters (lactones) is 1. The third-order valence-electron chi connectivity index (χ3n) is 2.51. The van der Waals surface area contributed by atoms with Gasteiger partial charge in [0.25, 0.3) is 0 Å². The summed E-state index contributed by atoms with van der Waals surface area (Å²) in [7, 11) is 1.31. The molecule has 5 heteroatoms. The average molecular weight is 245 g/mol. The quantitative estimate of drug-likeness (QED) is 0.759. The highest BCUT2D eigenvalue weighted by atomic mass is 16.6. The predicted molar refractivity (Wildman–Crippen MR) is 64.2 cm³/mol. The lowest BCUT2D eigenvalue weighted by atomic mass is 10.1. The van der Waals surface area contributed by atoms with E-state index in [2.05, 4.69) is 16.3 Å². The molecule has 0 saturated carbocycles. The number of benzene rings is 1. The van der Waals surface area contributed by atoms with Crippen molar-refractivity contribution in [2.24, 2.45) is 4.99 Å². The van der Waals surface area contributed by atoms with Crippen LogP contribution in [-0.4, -0.2) is 24.9 Å². The highest BCUT2D eigenvalue weighted by molar-refractivity contribution is 6.02. The van der Waals surface area contributed by atoms with Crippen LogP contribution in [0.4, 0.5) is 0 Å². The molecule has 0 aromatic heterocycles. The lowest BCUT2D eigenvalue weighted by molar-refractivity contribution is -0.135. The molecule has 0 fully saturated rings. The standard InChI is InChI=1S/C13H11NO4/c1-3-10-14-11(13(16)18-10)8-4-6-9(7-5-8)12(15)17-2/h3-7,11H,1H2,2H3. The van der Waals surface area contributed by atoms with E-state index >= 15 is 0 Å². The zero-order valence-electron chi connectivity index (χ0n) is 9.75. The van der Waals surface area contributed by atoms with Crippen molar-refractivity contribution in [2.75, 3.05) is 7.11 Å². The Labute approximate surface area is 104 Å². The van der Waals surface area contributed by atoms with E-state index in [0.29, 0.717) is 11.1 Å². The molecule has 0 radical (unpaired) electrons. The highest BCUT2D eigenvalue weighted by Crippen LogP contribution is 2.24. The summed E-state index contributed by atoms with van der Waals surface area (Å²) in [6.45, 7) is 3.48. The van der Waals surface area contributed by atoms with Crippen LogP contribution < -0.4 is 0 Å². The zero-order valence-corrected chi connectivity index (χ0v) is 9.75. The smallest absolute Gasteiger partial charge is 0.342 e. The molecule has 92 valence electrons. The van der Waals surface area contributed by atoms with Gasteiger partial charge in [-0.05, 0) is 23.8 Å². The van der Waals surface area contributed by atoms with Gasteiger partial charge in [-0.1, -0.05) is 18.7 Å². The molecular formula is C13H11NO4. The number of ether oxygens (including phenoxy) is 2. The molecule has 0 saturated heterocycles. The minimum atomic E-state index is -0.690. The van der Waals surface area contributed by atoms with Gasteiger partial charge >= 0.3 is 11.9 Å². The topological polar surface area (TPSA) is 65.0 Å². The summed E-state index contributed by atoms with van der Waals surface area (Å²) in [4.78, 5) is 26.9. The van der Waals surface area contributed by atoms with Crippen LogP contribution in [0.2, 0.25) is 0 Å². The maximum atomic E-state index is 11.5. The Balaban J connectivity index is 2.25. The molecule has 1 atom stereocenters. The Morgan fingerprint density at radius 3 is 2.61 bits per heavy atom. The number of esters is 2. The minimum Gasteiger partial charge on any atom is -0.465 e. The summed E-state index contributed by atoms with van der Waals surface area (Å²) in [6, 6.07) is 5.76. The van der Waals surface area contributed by atoms with Gasteiger partial charge < -0.3 is 9.47 Å². The summed E-state index contributed by atoms with van der Waals surface area (Å²) in [6.07, 6.45) is 1.38. The number of nitrogens with zero attached hydrogens (tertiary/aromatic N) is 1. The first kappa shape index (κ1) is 12.0. The van der Waals surface area contributed by atoms with E-state index < -0.39 is 18.0 Å². The van der Waals surface area contributed by atoms with Crippen molar-refractivity contribution < 1.29 is 19.1 Å². The van der Waals surface area contributed by atoms with Crippen molar-refractivity contribution in [1.29, 1.82) is 0 Å². The second kappa shape index (κ2) is 4.83. The van der Waals surface area contributed by atoms with Crippen LogP contribution in [0.15, 0.2) is 41.9 Å². The number of aliphatic imine (C=N–C) groups is 1. The SMILES string of the molecule is C=CC1=NC(c2ccc(C(=O)OC)cc2)C(=O)O1. The summed E-state index contributed by atoms with van der Waals surface area (Å²) >= 11 is 0. The number of rotatable bonds is 3. The van der Waals surface area contributed by atoms with Gasteiger partial charge in [-0.3, -0.25) is 0 Å². The van der Waals surface area contributed by atoms with Crippen LogP contribution in [-0.2, 0) is 14.3 Å². The van der Waals surface area contributed by atoms with Crippen LogP contribution in [0.1, 0.15) is 22.0 Å². The molecule has 1 aliphatic rings. The molecule has 0 amide bonds. The predicted octanol–water partition coefficient (Wildman–Crippen LogP) is 1.66. The minimum absolute atomic E-state index is 0.210. The van der Waals surface area contributed by atoms with Crippen molar-refractivity contribution in [1.82, 2.24) is 0 Å². The van der Waals surface area contributed by atoms with Crippen LogP contribution in [0.3, 0.4) is 0 Å². The number of methoxy groups -OCH3 is 1. The number of carbonyl (C=O) groups excluding carboxylic acids is 2. The molecule has 1 aromatic carbocycles. The molecule has 18 heavy (non-hydrogen) atoms. The summed E-state index contributed by atoms with van der Waals surface area (Å²) in [5, 5.41) is 0. The molecule has 0 bridgehead atoms. The number of carbonyl (C=O) groups is 2. The van der Waals surface area contributed by atoms with Gasteiger partial charge in [0.15, 0.2) is 6.04 Å². The first-order valence-electron chi connectivity index (χ1n) is 5.26. The first-order valence-corrected chi connectivity index (χ1v) is 5.26. The molecule has 0 spiro atoms. The highest BCUT2D eigenvalue weighted by Gasteiger charge is 2.29. The first-order chi connectivity index (χ1) is 8.65. The molecule has 0 N–H and O–H groups in total. The maximum absolute atomic E-state index is 11.5. The van der Waals surface area contributed by atoms with Gasteiger partial charge in [0.05, 0.1) is 12.7 Å². The van der Waals surface area contributed by atoms with Crippen molar-refractivity contribution in [3.63, 3.8) is 0 Å². The summed E-state index contributed by atoms with van der Waals surface area (Å²) in [5.74, 6) is -0.663. The van der Waals surface area contributed by atoms with Crippen molar-refractivity contribution in [3.8, 4) is 0 Å². The summed E-state index contributed by atoms with van der Waals surface area (Å²) < 4.78 is 9.46. The average Bonchev–Trinajstić information content (AvgIpc) is 2.79. The molecular weight excluding hydrogens is 234 g/mol. The molecule has 5 nitrogen and oxygen atoms in total. The maximum Gasteiger partial charge on any atom is 0.342 e. The van der Waals surface area contributed by atoms with E-state index in [1.807, 2.05) is 0 Å². The van der Waals surface area contributed by atoms with Gasteiger partial charge in [-0.25, -0.2) is 14.6 Å². The molecule has 2 rings (SSSR count). The lowest BCUT2D eigenvalue weighted by Crippen LogP contribution is -2.08. The van der Waals surface area contributed by atoms with Crippen LogP contribution in [0.5, 0.6) is 0 Å². The Morgan fingerprint density at radius 2 is 2.11 bits per heavy atom. The normalized spacial score (nSPS) is 17.9. The van der Waals surface area contributed by atoms with Crippen LogP contribution >= 0.6 is 0 Å². The number of hydrogen-bond donors (Lipinski definition) is 0. The van der Waals surface area contributed by atoms with Gasteiger partial charge in [-0.15, -0.1) is 0 Å². The Morgan fingerprint density at radius 1 is 1.44 bits per heavy atom. The molecule has 1 aromatic rings. The Hall–Kier alpha value is -2.43. The van der Waals surface area contributed by atoms with Gasteiger partial charge in [0.2, 0.25) is 5.90 Å². The van der Waals surface area contributed by atoms with E-state index in [9.17, 15) is 9.59 Å². The van der Waals surface area contributed by atoms with Crippen molar-refractivity contribution in [3.05, 3.63) is 48.0 Å². The van der Waals surface area contributed by atoms with Crippen LogP contribution in [0.25, 0.3) is 0 Å². The number of hydrogen-bond acceptors (Lipinski definition) is 5. The van der Waals surface area contributed by atoms with E-state index in [4.69, 9.17) is 4.74 Å². The second-order valence-electron chi connectivity index (χ2n) is 3.61. The van der Waals surface area contributed by atoms with Crippen molar-refractivity contribution >= 4 is 17.8 Å². The molecule has 1 heterocycles. The molecule has 1 aliphatic heterocycles. The fraction of sp³-hybridized carbons (Fsp3) is 0.154. The third kappa shape index (κ3) is 2.15. The fourth-order valence-corrected chi connectivity index (χ4v) is 1.59. The van der Waals surface area contributed by atoms with E-state index in [1.54, 1.807) is 24.3 Å². The Kier molecular flexibility index (Phi) is 3.23. The monoisotopic (exact) mass is 245 g/mol. The van der Waals surface area contributed by atoms with Gasteiger partial charge in [0, 0.05) is 0 Å².